The highest BCUT2D eigenvalue weighted by Gasteiger charge is 2.17. The largest absolute Gasteiger partial charge is 0.489 e. The van der Waals surface area contributed by atoms with Gasteiger partial charge in [-0.3, -0.25) is 5.21 Å². The Morgan fingerprint density at radius 2 is 1.74 bits per heavy atom. The second-order valence-corrected chi connectivity index (χ2v) is 5.40. The van der Waals surface area contributed by atoms with Crippen LogP contribution < -0.4 is 9.80 Å². The molecule has 0 saturated heterocycles. The maximum absolute atomic E-state index is 11.5. The van der Waals surface area contributed by atoms with Gasteiger partial charge in [-0.05, 0) is 49.6 Å². The predicted molar refractivity (Wildman–Crippen MR) is 88.1 cm³/mol. The van der Waals surface area contributed by atoms with Crippen molar-refractivity contribution in [3.8, 4) is 5.75 Å². The molecule has 1 N–H and O–H groups in total. The Morgan fingerprint density at radius 1 is 1.09 bits per heavy atom. The number of carbonyl (C=O) groups is 1. The number of aryl methyl sites for hydroxylation is 3. The van der Waals surface area contributed by atoms with Crippen molar-refractivity contribution in [2.24, 2.45) is 0 Å². The van der Waals surface area contributed by atoms with Crippen molar-refractivity contribution in [1.29, 1.82) is 0 Å². The van der Waals surface area contributed by atoms with Gasteiger partial charge in [0, 0.05) is 5.56 Å². The van der Waals surface area contributed by atoms with E-state index in [2.05, 4.69) is 17.7 Å². The monoisotopic (exact) mass is 315 g/mol. The average Bonchev–Trinajstić information content (AvgIpc) is 2.55. The zero-order chi connectivity index (χ0) is 17.0. The van der Waals surface area contributed by atoms with Crippen LogP contribution in [-0.2, 0) is 11.3 Å². The van der Waals surface area contributed by atoms with Gasteiger partial charge in [-0.25, -0.2) is 4.79 Å². The number of rotatable bonds is 4. The summed E-state index contributed by atoms with van der Waals surface area (Å²) in [6.07, 6.45) is -0.847. The molecule has 5 heteroatoms. The van der Waals surface area contributed by atoms with Gasteiger partial charge in [0.1, 0.15) is 12.4 Å². The fourth-order valence-corrected chi connectivity index (χ4v) is 2.27. The number of hydrogen-bond acceptors (Lipinski definition) is 4. The Kier molecular flexibility index (Phi) is 5.24. The maximum Gasteiger partial charge on any atom is 0.438 e. The van der Waals surface area contributed by atoms with E-state index in [4.69, 9.17) is 4.74 Å². The third-order valence-corrected chi connectivity index (χ3v) is 3.74. The van der Waals surface area contributed by atoms with Gasteiger partial charge in [0.05, 0.1) is 12.8 Å². The highest BCUT2D eigenvalue weighted by molar-refractivity contribution is 5.85. The summed E-state index contributed by atoms with van der Waals surface area (Å²) in [6, 6.07) is 11.0. The lowest BCUT2D eigenvalue weighted by molar-refractivity contribution is 0.140. The standard InChI is InChI=1S/C18H21NO4/c1-12-9-14(3)17(10-13(12)2)23-11-15-7-5-6-8-16(15)19(21)18(20)22-4/h5-10,21H,11H2,1-4H3. The Balaban J connectivity index is 2.22. The third-order valence-electron chi connectivity index (χ3n) is 3.74. The van der Waals surface area contributed by atoms with Crippen LogP contribution in [0.3, 0.4) is 0 Å². The molecule has 0 aliphatic rings. The first-order valence-electron chi connectivity index (χ1n) is 7.29. The number of carbonyl (C=O) groups excluding carboxylic acids is 1. The average molecular weight is 315 g/mol. The molecule has 0 atom stereocenters. The molecule has 0 bridgehead atoms. The summed E-state index contributed by atoms with van der Waals surface area (Å²) in [6.45, 7) is 6.30. The quantitative estimate of drug-likeness (QED) is 0.680. The van der Waals surface area contributed by atoms with Crippen molar-refractivity contribution in [2.45, 2.75) is 27.4 Å². The van der Waals surface area contributed by atoms with E-state index in [1.807, 2.05) is 26.0 Å². The van der Waals surface area contributed by atoms with Crippen LogP contribution in [-0.4, -0.2) is 18.4 Å². The fourth-order valence-electron chi connectivity index (χ4n) is 2.27. The van der Waals surface area contributed by atoms with Crippen LogP contribution in [0.15, 0.2) is 36.4 Å². The van der Waals surface area contributed by atoms with Crippen LogP contribution in [0.5, 0.6) is 5.75 Å². The molecule has 0 aliphatic heterocycles. The first-order valence-corrected chi connectivity index (χ1v) is 7.29. The molecule has 0 radical (unpaired) electrons. The van der Waals surface area contributed by atoms with Crippen molar-refractivity contribution in [1.82, 2.24) is 0 Å². The molecule has 0 unspecified atom stereocenters. The molecule has 0 spiro atoms. The number of amides is 1. The van der Waals surface area contributed by atoms with E-state index >= 15 is 0 Å². The minimum Gasteiger partial charge on any atom is -0.489 e. The molecule has 0 saturated carbocycles. The zero-order valence-corrected chi connectivity index (χ0v) is 13.8. The van der Waals surface area contributed by atoms with E-state index in [1.54, 1.807) is 18.2 Å². The summed E-state index contributed by atoms with van der Waals surface area (Å²) in [5, 5.41) is 10.4. The second kappa shape index (κ2) is 7.15. The van der Waals surface area contributed by atoms with Gasteiger partial charge >= 0.3 is 6.09 Å². The normalized spacial score (nSPS) is 10.3. The molecular weight excluding hydrogens is 294 g/mol. The highest BCUT2D eigenvalue weighted by Crippen LogP contribution is 2.26. The molecule has 0 aliphatic carbocycles. The van der Waals surface area contributed by atoms with Crippen LogP contribution in [0.4, 0.5) is 10.5 Å². The van der Waals surface area contributed by atoms with E-state index in [0.717, 1.165) is 16.9 Å². The van der Waals surface area contributed by atoms with Crippen LogP contribution in [0, 0.1) is 20.8 Å². The number of nitrogens with zero attached hydrogens (tertiary/aromatic N) is 1. The number of anilines is 1. The first-order chi connectivity index (χ1) is 10.9. The molecule has 122 valence electrons. The molecule has 5 nitrogen and oxygen atoms in total. The van der Waals surface area contributed by atoms with Gasteiger partial charge in [-0.15, -0.1) is 0 Å². The van der Waals surface area contributed by atoms with Crippen molar-refractivity contribution < 1.29 is 19.5 Å². The lowest BCUT2D eigenvalue weighted by Crippen LogP contribution is -2.27. The second-order valence-electron chi connectivity index (χ2n) is 5.40. The number of hydroxylamine groups is 1. The van der Waals surface area contributed by atoms with E-state index in [-0.39, 0.29) is 6.61 Å². The number of ether oxygens (including phenoxy) is 2. The lowest BCUT2D eigenvalue weighted by atomic mass is 10.1. The van der Waals surface area contributed by atoms with Gasteiger partial charge in [-0.2, -0.15) is 5.06 Å². The van der Waals surface area contributed by atoms with Crippen molar-refractivity contribution in [2.75, 3.05) is 12.2 Å². The topological polar surface area (TPSA) is 59.0 Å². The molecule has 23 heavy (non-hydrogen) atoms. The summed E-state index contributed by atoms with van der Waals surface area (Å²) in [4.78, 5) is 11.5. The number of para-hydroxylation sites is 1. The minimum atomic E-state index is -0.847. The summed E-state index contributed by atoms with van der Waals surface area (Å²) in [5.41, 5.74) is 4.41. The van der Waals surface area contributed by atoms with Crippen LogP contribution >= 0.6 is 0 Å². The van der Waals surface area contributed by atoms with E-state index in [1.165, 1.54) is 12.7 Å². The maximum atomic E-state index is 11.5. The van der Waals surface area contributed by atoms with Crippen LogP contribution in [0.2, 0.25) is 0 Å². The lowest BCUT2D eigenvalue weighted by Gasteiger charge is -2.18. The highest BCUT2D eigenvalue weighted by atomic mass is 16.6. The molecule has 2 aromatic rings. The predicted octanol–water partition coefficient (Wildman–Crippen LogP) is 4.15. The number of methoxy groups -OCH3 is 1. The van der Waals surface area contributed by atoms with Crippen molar-refractivity contribution in [3.05, 3.63) is 58.7 Å². The Labute approximate surface area is 136 Å². The first kappa shape index (κ1) is 16.8. The molecule has 0 heterocycles. The van der Waals surface area contributed by atoms with Gasteiger partial charge in [0.2, 0.25) is 0 Å². The summed E-state index contributed by atoms with van der Waals surface area (Å²) < 4.78 is 10.4. The Bertz CT molecular complexity index is 712. The fraction of sp³-hybridized carbons (Fsp3) is 0.278. The molecule has 0 fully saturated rings. The molecule has 0 aromatic heterocycles. The molecular formula is C18H21NO4. The van der Waals surface area contributed by atoms with Gasteiger partial charge in [0.15, 0.2) is 0 Å². The SMILES string of the molecule is COC(=O)N(O)c1ccccc1COc1cc(C)c(C)cc1C. The van der Waals surface area contributed by atoms with Gasteiger partial charge in [0.25, 0.3) is 0 Å². The number of benzene rings is 2. The van der Waals surface area contributed by atoms with Crippen LogP contribution in [0.25, 0.3) is 0 Å². The Hall–Kier alpha value is -2.53. The zero-order valence-electron chi connectivity index (χ0n) is 13.8. The van der Waals surface area contributed by atoms with Crippen molar-refractivity contribution >= 4 is 11.8 Å². The molecule has 1 amide bonds. The molecule has 2 aromatic carbocycles. The molecule has 2 rings (SSSR count). The summed E-state index contributed by atoms with van der Waals surface area (Å²) in [5.74, 6) is 0.783. The Morgan fingerprint density at radius 3 is 2.43 bits per heavy atom. The summed E-state index contributed by atoms with van der Waals surface area (Å²) in [7, 11) is 1.21. The van der Waals surface area contributed by atoms with E-state index < -0.39 is 6.09 Å². The third kappa shape index (κ3) is 3.81. The van der Waals surface area contributed by atoms with E-state index in [0.29, 0.717) is 16.3 Å². The summed E-state index contributed by atoms with van der Waals surface area (Å²) >= 11 is 0. The minimum absolute atomic E-state index is 0.230. The van der Waals surface area contributed by atoms with Crippen LogP contribution in [0.1, 0.15) is 22.3 Å². The van der Waals surface area contributed by atoms with Gasteiger partial charge < -0.3 is 9.47 Å². The number of hydrogen-bond donors (Lipinski definition) is 1. The van der Waals surface area contributed by atoms with E-state index in [9.17, 15) is 10.0 Å². The van der Waals surface area contributed by atoms with Gasteiger partial charge in [-0.1, -0.05) is 24.3 Å². The van der Waals surface area contributed by atoms with Crippen molar-refractivity contribution in [3.63, 3.8) is 0 Å². The smallest absolute Gasteiger partial charge is 0.438 e.